The van der Waals surface area contributed by atoms with Gasteiger partial charge < -0.3 is 26.6 Å². The van der Waals surface area contributed by atoms with Crippen molar-refractivity contribution >= 4 is 37.9 Å². The summed E-state index contributed by atoms with van der Waals surface area (Å²) in [5, 5.41) is 26.6. The Morgan fingerprint density at radius 2 is 1.79 bits per heavy atom. The lowest BCUT2D eigenvalue weighted by molar-refractivity contribution is -0.147. The summed E-state index contributed by atoms with van der Waals surface area (Å²) in [5.41, 5.74) is 10.4. The molecule has 6 nitrogen and oxygen atoms in total. The number of unbranched alkanes of at least 4 members (excludes halogenated alkanes) is 1. The zero-order chi connectivity index (χ0) is 13.1. The fraction of sp³-hybridized carbons (Fsp3) is 0.900. The first-order valence-corrected chi connectivity index (χ1v) is 6.00. The predicted octanol–water partition coefficient (Wildman–Crippen LogP) is -0.00750. The lowest BCUT2D eigenvalue weighted by Crippen LogP contribution is -2.60. The third-order valence-electron chi connectivity index (χ3n) is 3.60. The average molecular weight is 317 g/mol. The van der Waals surface area contributed by atoms with Crippen LogP contribution in [0.1, 0.15) is 32.1 Å². The van der Waals surface area contributed by atoms with E-state index in [-0.39, 0.29) is 43.1 Å². The first kappa shape index (κ1) is 21.3. The van der Waals surface area contributed by atoms with E-state index < -0.39 is 18.6 Å². The summed E-state index contributed by atoms with van der Waals surface area (Å²) in [4.78, 5) is 11.2. The van der Waals surface area contributed by atoms with E-state index in [4.69, 9.17) is 21.5 Å². The summed E-state index contributed by atoms with van der Waals surface area (Å²) >= 11 is 0. The smallest absolute Gasteiger partial charge is 0.451 e. The molecule has 114 valence electrons. The van der Waals surface area contributed by atoms with Crippen LogP contribution in [0.4, 0.5) is 0 Å². The third-order valence-corrected chi connectivity index (χ3v) is 3.60. The lowest BCUT2D eigenvalue weighted by atomic mass is 9.66. The van der Waals surface area contributed by atoms with Gasteiger partial charge in [0.15, 0.2) is 0 Å². The van der Waals surface area contributed by atoms with Crippen LogP contribution in [0.25, 0.3) is 0 Å². The highest BCUT2D eigenvalue weighted by Crippen LogP contribution is 2.37. The number of halogens is 2. The molecule has 0 aromatic carbocycles. The van der Waals surface area contributed by atoms with Gasteiger partial charge >= 0.3 is 13.1 Å². The van der Waals surface area contributed by atoms with Crippen molar-refractivity contribution in [3.05, 3.63) is 0 Å². The fourth-order valence-electron chi connectivity index (χ4n) is 2.31. The van der Waals surface area contributed by atoms with Gasteiger partial charge in [-0.25, -0.2) is 0 Å². The van der Waals surface area contributed by atoms with Crippen molar-refractivity contribution < 1.29 is 19.9 Å². The minimum atomic E-state index is -1.33. The van der Waals surface area contributed by atoms with Gasteiger partial charge in [-0.3, -0.25) is 4.79 Å². The van der Waals surface area contributed by atoms with Crippen molar-refractivity contribution in [1.82, 2.24) is 0 Å². The average Bonchev–Trinajstić information content (AvgIpc) is 2.19. The molecule has 1 fully saturated rings. The molecule has 0 aliphatic heterocycles. The predicted molar refractivity (Wildman–Crippen MR) is 78.6 cm³/mol. The summed E-state index contributed by atoms with van der Waals surface area (Å²) < 4.78 is 0. The summed E-state index contributed by atoms with van der Waals surface area (Å²) in [6.07, 6.45) is 3.05. The molecule has 1 aliphatic rings. The molecule has 0 aromatic heterocycles. The first-order chi connectivity index (χ1) is 7.86. The Bertz CT molecular complexity index is 280. The highest BCUT2D eigenvalue weighted by Gasteiger charge is 2.47. The number of nitrogens with two attached hydrogens (primary N) is 2. The maximum absolute atomic E-state index is 11.2. The number of carboxylic acid groups (broad SMARTS) is 1. The molecule has 7 N–H and O–H groups in total. The molecule has 1 unspecified atom stereocenters. The van der Waals surface area contributed by atoms with Crippen molar-refractivity contribution in [2.75, 3.05) is 0 Å². The van der Waals surface area contributed by atoms with Crippen LogP contribution < -0.4 is 11.5 Å². The molecule has 1 atom stereocenters. The molecule has 1 aliphatic carbocycles. The molecule has 0 heterocycles. The van der Waals surface area contributed by atoms with Crippen LogP contribution in [0, 0.1) is 5.92 Å². The third kappa shape index (κ3) is 5.85. The van der Waals surface area contributed by atoms with E-state index in [1.165, 1.54) is 0 Å². The summed E-state index contributed by atoms with van der Waals surface area (Å²) in [6.45, 7) is 0. The van der Waals surface area contributed by atoms with Crippen molar-refractivity contribution in [3.8, 4) is 0 Å². The van der Waals surface area contributed by atoms with E-state index in [0.29, 0.717) is 32.1 Å². The van der Waals surface area contributed by atoms with Gasteiger partial charge in [-0.05, 0) is 31.5 Å². The summed E-state index contributed by atoms with van der Waals surface area (Å²) in [6, 6.07) is 0.0709. The molecule has 0 radical (unpaired) electrons. The zero-order valence-electron chi connectivity index (χ0n) is 10.7. The van der Waals surface area contributed by atoms with E-state index in [1.807, 2.05) is 0 Å². The normalized spacial score (nSPS) is 24.2. The molecule has 0 amide bonds. The second kappa shape index (κ2) is 8.99. The van der Waals surface area contributed by atoms with E-state index >= 15 is 0 Å². The second-order valence-electron chi connectivity index (χ2n) is 5.00. The van der Waals surface area contributed by atoms with Crippen LogP contribution in [-0.4, -0.2) is 39.8 Å². The molecule has 9 heteroatoms. The van der Waals surface area contributed by atoms with Gasteiger partial charge in [0, 0.05) is 6.04 Å². The maximum atomic E-state index is 11.2. The maximum Gasteiger partial charge on any atom is 0.451 e. The highest BCUT2D eigenvalue weighted by atomic mass is 35.5. The number of rotatable bonds is 7. The van der Waals surface area contributed by atoms with E-state index in [1.54, 1.807) is 0 Å². The summed E-state index contributed by atoms with van der Waals surface area (Å²) in [7, 11) is -1.33. The van der Waals surface area contributed by atoms with Gasteiger partial charge in [0.2, 0.25) is 0 Å². The summed E-state index contributed by atoms with van der Waals surface area (Å²) in [5.74, 6) is -1.05. The molecule has 0 aromatic rings. The van der Waals surface area contributed by atoms with Crippen LogP contribution in [0.5, 0.6) is 0 Å². The minimum absolute atomic E-state index is 0. The molecular formula is C10H23BCl2N2O4. The number of carboxylic acids is 1. The topological polar surface area (TPSA) is 130 Å². The Balaban J connectivity index is 0. The number of hydrogen-bond acceptors (Lipinski definition) is 5. The molecule has 19 heavy (non-hydrogen) atoms. The minimum Gasteiger partial charge on any atom is -0.480 e. The SMILES string of the molecule is Cl.Cl.NC(CCCCB(O)O)(C(=O)O)[C@H]1C[C@@H](N)C1. The Hall–Kier alpha value is -0.0451. The Morgan fingerprint density at radius 3 is 2.16 bits per heavy atom. The van der Waals surface area contributed by atoms with Crippen LogP contribution in [0.15, 0.2) is 0 Å². The van der Waals surface area contributed by atoms with Crippen LogP contribution in [0.3, 0.4) is 0 Å². The Labute approximate surface area is 125 Å². The molecular weight excluding hydrogens is 294 g/mol. The van der Waals surface area contributed by atoms with Gasteiger partial charge in [0.25, 0.3) is 0 Å². The van der Waals surface area contributed by atoms with Crippen molar-refractivity contribution in [2.45, 2.75) is 50.0 Å². The second-order valence-corrected chi connectivity index (χ2v) is 5.00. The van der Waals surface area contributed by atoms with Gasteiger partial charge in [-0.1, -0.05) is 12.8 Å². The monoisotopic (exact) mass is 316 g/mol. The van der Waals surface area contributed by atoms with Crippen molar-refractivity contribution in [2.24, 2.45) is 17.4 Å². The van der Waals surface area contributed by atoms with Gasteiger partial charge in [0.1, 0.15) is 5.54 Å². The first-order valence-electron chi connectivity index (χ1n) is 6.00. The largest absolute Gasteiger partial charge is 0.480 e. The lowest BCUT2D eigenvalue weighted by Gasteiger charge is -2.43. The van der Waals surface area contributed by atoms with Gasteiger partial charge in [-0.15, -0.1) is 24.8 Å². The number of carbonyl (C=O) groups is 1. The fourth-order valence-corrected chi connectivity index (χ4v) is 2.31. The Morgan fingerprint density at radius 1 is 1.26 bits per heavy atom. The molecule has 0 bridgehead atoms. The number of aliphatic carboxylic acids is 1. The van der Waals surface area contributed by atoms with E-state index in [2.05, 4.69) is 0 Å². The standard InChI is InChI=1S/C10H21BN2O4.2ClH/c12-8-5-7(6-8)10(13,9(14)15)3-1-2-4-11(16)17;;/h7-8,16-17H,1-6,12-13H2,(H,14,15);2*1H/t7-,8+,10?;;. The van der Waals surface area contributed by atoms with Crippen LogP contribution >= 0.6 is 24.8 Å². The highest BCUT2D eigenvalue weighted by molar-refractivity contribution is 6.40. The number of hydrogen-bond donors (Lipinski definition) is 5. The molecule has 1 rings (SSSR count). The van der Waals surface area contributed by atoms with E-state index in [9.17, 15) is 9.90 Å². The van der Waals surface area contributed by atoms with Crippen molar-refractivity contribution in [1.29, 1.82) is 0 Å². The zero-order valence-corrected chi connectivity index (χ0v) is 12.3. The molecule has 1 saturated carbocycles. The van der Waals surface area contributed by atoms with E-state index in [0.717, 1.165) is 0 Å². The van der Waals surface area contributed by atoms with Crippen LogP contribution in [-0.2, 0) is 4.79 Å². The van der Waals surface area contributed by atoms with Gasteiger partial charge in [0.05, 0.1) is 0 Å². The van der Waals surface area contributed by atoms with Crippen molar-refractivity contribution in [3.63, 3.8) is 0 Å². The van der Waals surface area contributed by atoms with Gasteiger partial charge in [-0.2, -0.15) is 0 Å². The van der Waals surface area contributed by atoms with Crippen LogP contribution in [0.2, 0.25) is 6.32 Å². The molecule has 0 saturated heterocycles. The Kier molecular flexibility index (Phi) is 10.1. The molecule has 0 spiro atoms. The quantitative estimate of drug-likeness (QED) is 0.332.